The first kappa shape index (κ1) is 18.1. The Morgan fingerprint density at radius 1 is 1.36 bits per heavy atom. The molecular formula is C16H24N4O4S. The van der Waals surface area contributed by atoms with E-state index in [-0.39, 0.29) is 30.8 Å². The van der Waals surface area contributed by atoms with E-state index in [2.05, 4.69) is 15.2 Å². The SMILES string of the molecule is COC(=O)C1CCN(COC(=O)N2CCNCC2c2nccs2)CC1. The summed E-state index contributed by atoms with van der Waals surface area (Å²) >= 11 is 1.55. The minimum atomic E-state index is -0.309. The molecular weight excluding hydrogens is 344 g/mol. The van der Waals surface area contributed by atoms with Gasteiger partial charge in [-0.3, -0.25) is 14.6 Å². The van der Waals surface area contributed by atoms with Crippen molar-refractivity contribution in [3.05, 3.63) is 16.6 Å². The molecule has 1 aromatic rings. The van der Waals surface area contributed by atoms with Crippen molar-refractivity contribution < 1.29 is 19.1 Å². The molecule has 1 N–H and O–H groups in total. The zero-order valence-electron chi connectivity index (χ0n) is 14.3. The van der Waals surface area contributed by atoms with Gasteiger partial charge in [0, 0.05) is 44.3 Å². The van der Waals surface area contributed by atoms with E-state index in [1.165, 1.54) is 7.11 Å². The number of nitrogens with one attached hydrogen (secondary N) is 1. The molecule has 3 rings (SSSR count). The van der Waals surface area contributed by atoms with Gasteiger partial charge in [0.25, 0.3) is 0 Å². The minimum absolute atomic E-state index is 0.0422. The molecule has 0 radical (unpaired) electrons. The first-order chi connectivity index (χ1) is 12.2. The topological polar surface area (TPSA) is 84.0 Å². The highest BCUT2D eigenvalue weighted by Crippen LogP contribution is 2.25. The van der Waals surface area contributed by atoms with Crippen LogP contribution >= 0.6 is 11.3 Å². The molecule has 9 heteroatoms. The largest absolute Gasteiger partial charge is 0.469 e. The normalized spacial score (nSPS) is 22.6. The van der Waals surface area contributed by atoms with Crippen molar-refractivity contribution in [2.24, 2.45) is 5.92 Å². The molecule has 3 heterocycles. The van der Waals surface area contributed by atoms with E-state index in [0.29, 0.717) is 13.1 Å². The van der Waals surface area contributed by atoms with Gasteiger partial charge in [-0.25, -0.2) is 9.78 Å². The molecule has 2 aliphatic rings. The van der Waals surface area contributed by atoms with Gasteiger partial charge in [-0.1, -0.05) is 0 Å². The molecule has 0 spiro atoms. The number of aromatic nitrogens is 1. The minimum Gasteiger partial charge on any atom is -0.469 e. The number of methoxy groups -OCH3 is 1. The van der Waals surface area contributed by atoms with Crippen molar-refractivity contribution in [2.45, 2.75) is 18.9 Å². The molecule has 2 saturated heterocycles. The molecule has 1 aromatic heterocycles. The van der Waals surface area contributed by atoms with Crippen LogP contribution in [-0.4, -0.2) is 73.4 Å². The lowest BCUT2D eigenvalue weighted by Gasteiger charge is -2.35. The fourth-order valence-corrected chi connectivity index (χ4v) is 3.99. The Labute approximate surface area is 151 Å². The summed E-state index contributed by atoms with van der Waals surface area (Å²) in [5, 5.41) is 6.13. The summed E-state index contributed by atoms with van der Waals surface area (Å²) in [7, 11) is 1.42. The van der Waals surface area contributed by atoms with E-state index in [0.717, 1.165) is 37.5 Å². The number of rotatable bonds is 4. The number of piperazine rings is 1. The molecule has 1 atom stereocenters. The number of amides is 1. The van der Waals surface area contributed by atoms with Crippen molar-refractivity contribution in [2.75, 3.05) is 46.6 Å². The second-order valence-corrected chi connectivity index (χ2v) is 7.16. The van der Waals surface area contributed by atoms with Gasteiger partial charge in [0.1, 0.15) is 11.7 Å². The molecule has 138 valence electrons. The van der Waals surface area contributed by atoms with Crippen LogP contribution in [-0.2, 0) is 14.3 Å². The Hall–Kier alpha value is -1.71. The number of hydrogen-bond donors (Lipinski definition) is 1. The number of carbonyl (C=O) groups is 2. The predicted octanol–water partition coefficient (Wildman–Crippen LogP) is 1.07. The van der Waals surface area contributed by atoms with Crippen molar-refractivity contribution >= 4 is 23.4 Å². The summed E-state index contributed by atoms with van der Waals surface area (Å²) in [6.45, 7) is 3.75. The first-order valence-corrected chi connectivity index (χ1v) is 9.40. The summed E-state index contributed by atoms with van der Waals surface area (Å²) < 4.78 is 10.3. The van der Waals surface area contributed by atoms with Crippen molar-refractivity contribution in [1.29, 1.82) is 0 Å². The van der Waals surface area contributed by atoms with Crippen LogP contribution in [0.1, 0.15) is 23.9 Å². The number of piperidine rings is 1. The number of hydrogen-bond acceptors (Lipinski definition) is 8. The summed E-state index contributed by atoms with van der Waals surface area (Å²) in [6.07, 6.45) is 2.92. The number of esters is 1. The third kappa shape index (κ3) is 4.47. The molecule has 1 unspecified atom stereocenters. The van der Waals surface area contributed by atoms with Crippen LogP contribution in [0.4, 0.5) is 4.79 Å². The third-order valence-corrected chi connectivity index (χ3v) is 5.58. The average molecular weight is 368 g/mol. The van der Waals surface area contributed by atoms with Crippen LogP contribution in [0, 0.1) is 5.92 Å². The number of thiazole rings is 1. The maximum Gasteiger partial charge on any atom is 0.411 e. The van der Waals surface area contributed by atoms with E-state index in [4.69, 9.17) is 9.47 Å². The quantitative estimate of drug-likeness (QED) is 0.796. The summed E-state index contributed by atoms with van der Waals surface area (Å²) in [4.78, 5) is 32.2. The number of ether oxygens (including phenoxy) is 2. The van der Waals surface area contributed by atoms with E-state index in [1.54, 1.807) is 22.4 Å². The third-order valence-electron chi connectivity index (χ3n) is 4.71. The summed E-state index contributed by atoms with van der Waals surface area (Å²) in [6, 6.07) is -0.0775. The monoisotopic (exact) mass is 368 g/mol. The van der Waals surface area contributed by atoms with Gasteiger partial charge in [-0.2, -0.15) is 0 Å². The van der Waals surface area contributed by atoms with Crippen molar-refractivity contribution in [3.8, 4) is 0 Å². The number of carbonyl (C=O) groups excluding carboxylic acids is 2. The van der Waals surface area contributed by atoms with Crippen LogP contribution in [0.25, 0.3) is 0 Å². The highest BCUT2D eigenvalue weighted by molar-refractivity contribution is 7.09. The second kappa shape index (κ2) is 8.59. The van der Waals surface area contributed by atoms with E-state index in [1.807, 2.05) is 5.38 Å². The van der Waals surface area contributed by atoms with E-state index in [9.17, 15) is 9.59 Å². The predicted molar refractivity (Wildman–Crippen MR) is 92.1 cm³/mol. The number of likely N-dealkylation sites (tertiary alicyclic amines) is 1. The van der Waals surface area contributed by atoms with Crippen LogP contribution in [0.5, 0.6) is 0 Å². The average Bonchev–Trinajstić information content (AvgIpc) is 3.20. The van der Waals surface area contributed by atoms with Crippen LogP contribution in [0.2, 0.25) is 0 Å². The van der Waals surface area contributed by atoms with Gasteiger partial charge >= 0.3 is 12.1 Å². The fraction of sp³-hybridized carbons (Fsp3) is 0.688. The van der Waals surface area contributed by atoms with Gasteiger partial charge in [-0.05, 0) is 12.8 Å². The number of nitrogens with zero attached hydrogens (tertiary/aromatic N) is 3. The standard InChI is InChI=1S/C16H24N4O4S/c1-23-15(21)12-2-6-19(7-3-12)11-24-16(22)20-8-4-17-10-13(20)14-18-5-9-25-14/h5,9,12-13,17H,2-4,6-8,10-11H2,1H3. The maximum atomic E-state index is 12.5. The molecule has 0 aliphatic carbocycles. The lowest BCUT2D eigenvalue weighted by atomic mass is 9.97. The van der Waals surface area contributed by atoms with Gasteiger partial charge in [0.05, 0.1) is 19.1 Å². The molecule has 2 fully saturated rings. The van der Waals surface area contributed by atoms with Gasteiger partial charge in [0.2, 0.25) is 0 Å². The summed E-state index contributed by atoms with van der Waals surface area (Å²) in [5.41, 5.74) is 0. The van der Waals surface area contributed by atoms with Crippen LogP contribution in [0.3, 0.4) is 0 Å². The van der Waals surface area contributed by atoms with E-state index >= 15 is 0 Å². The molecule has 0 saturated carbocycles. The van der Waals surface area contributed by atoms with Gasteiger partial charge < -0.3 is 14.8 Å². The zero-order valence-corrected chi connectivity index (χ0v) is 15.2. The fourth-order valence-electron chi connectivity index (χ4n) is 3.24. The van der Waals surface area contributed by atoms with E-state index < -0.39 is 0 Å². The van der Waals surface area contributed by atoms with Crippen molar-refractivity contribution in [1.82, 2.24) is 20.1 Å². The van der Waals surface area contributed by atoms with Crippen LogP contribution < -0.4 is 5.32 Å². The Bertz CT molecular complexity index is 575. The maximum absolute atomic E-state index is 12.5. The van der Waals surface area contributed by atoms with Crippen LogP contribution in [0.15, 0.2) is 11.6 Å². The highest BCUT2D eigenvalue weighted by Gasteiger charge is 2.31. The Morgan fingerprint density at radius 3 is 2.84 bits per heavy atom. The molecule has 0 aromatic carbocycles. The first-order valence-electron chi connectivity index (χ1n) is 8.52. The smallest absolute Gasteiger partial charge is 0.411 e. The Morgan fingerprint density at radius 2 is 2.16 bits per heavy atom. The zero-order chi connectivity index (χ0) is 17.6. The van der Waals surface area contributed by atoms with Gasteiger partial charge in [-0.15, -0.1) is 11.3 Å². The molecule has 8 nitrogen and oxygen atoms in total. The lowest BCUT2D eigenvalue weighted by molar-refractivity contribution is -0.147. The molecule has 0 bridgehead atoms. The Kier molecular flexibility index (Phi) is 6.22. The Balaban J connectivity index is 1.48. The molecule has 1 amide bonds. The molecule has 2 aliphatic heterocycles. The molecule has 25 heavy (non-hydrogen) atoms. The summed E-state index contributed by atoms with van der Waals surface area (Å²) in [5.74, 6) is -0.192. The van der Waals surface area contributed by atoms with Crippen molar-refractivity contribution in [3.63, 3.8) is 0 Å². The second-order valence-electron chi connectivity index (χ2n) is 6.24. The van der Waals surface area contributed by atoms with Gasteiger partial charge in [0.15, 0.2) is 0 Å². The lowest BCUT2D eigenvalue weighted by Crippen LogP contribution is -2.49. The highest BCUT2D eigenvalue weighted by atomic mass is 32.1.